The van der Waals surface area contributed by atoms with E-state index in [1.54, 1.807) is 0 Å². The predicted octanol–water partition coefficient (Wildman–Crippen LogP) is 5.43. The molecule has 4 rings (SSSR count). The van der Waals surface area contributed by atoms with Gasteiger partial charge in [-0.1, -0.05) is 80.6 Å². The molecule has 1 aliphatic heterocycles. The van der Waals surface area contributed by atoms with Crippen LogP contribution in [0.2, 0.25) is 0 Å². The molecule has 2 aromatic rings. The number of fused-ring (bicyclic) bond motifs is 1. The maximum atomic E-state index is 13.5. The molecule has 164 valence electrons. The monoisotopic (exact) mass is 418 g/mol. The van der Waals surface area contributed by atoms with Gasteiger partial charge in [0.25, 0.3) is 5.91 Å². The standard InChI is InChI=1S/C27H34N2O2/c1-20(18-19-21-12-6-5-7-13-21)29-25(23-16-10-11-17-24(23)27(29)31)26(30)28-22-14-8-3-2-4-9-15-22/h5-7,10-13,16-17,20,22,25H,2-4,8-9,14-15,18-19H2,1H3,(H,28,30)/t20-,25-/m1/s1. The summed E-state index contributed by atoms with van der Waals surface area (Å²) in [5.41, 5.74) is 2.78. The van der Waals surface area contributed by atoms with Gasteiger partial charge in [-0.25, -0.2) is 0 Å². The van der Waals surface area contributed by atoms with Crippen LogP contribution in [-0.4, -0.2) is 28.8 Å². The van der Waals surface area contributed by atoms with Gasteiger partial charge in [0, 0.05) is 17.6 Å². The number of aryl methyl sites for hydroxylation is 1. The minimum atomic E-state index is -0.528. The molecular formula is C27H34N2O2. The van der Waals surface area contributed by atoms with Crippen molar-refractivity contribution < 1.29 is 9.59 Å². The molecule has 0 unspecified atom stereocenters. The molecule has 0 saturated heterocycles. The van der Waals surface area contributed by atoms with Crippen LogP contribution in [0.3, 0.4) is 0 Å². The van der Waals surface area contributed by atoms with E-state index in [9.17, 15) is 9.59 Å². The number of amides is 2. The van der Waals surface area contributed by atoms with E-state index in [-0.39, 0.29) is 23.9 Å². The minimum absolute atomic E-state index is 0.0181. The van der Waals surface area contributed by atoms with E-state index in [0.29, 0.717) is 5.56 Å². The lowest BCUT2D eigenvalue weighted by Crippen LogP contribution is -2.46. The zero-order chi connectivity index (χ0) is 21.6. The fraction of sp³-hybridized carbons (Fsp3) is 0.481. The normalized spacial score (nSPS) is 20.6. The number of nitrogens with zero attached hydrogens (tertiary/aromatic N) is 1. The van der Waals surface area contributed by atoms with E-state index in [2.05, 4.69) is 24.4 Å². The number of rotatable bonds is 6. The molecule has 1 aliphatic carbocycles. The first-order valence-corrected chi connectivity index (χ1v) is 11.9. The number of carbonyl (C=O) groups excluding carboxylic acids is 2. The fourth-order valence-corrected chi connectivity index (χ4v) is 5.10. The third-order valence-electron chi connectivity index (χ3n) is 6.87. The fourth-order valence-electron chi connectivity index (χ4n) is 5.10. The van der Waals surface area contributed by atoms with Crippen LogP contribution in [0.1, 0.15) is 85.8 Å². The molecule has 0 aromatic heterocycles. The Kier molecular flexibility index (Phi) is 7.06. The summed E-state index contributed by atoms with van der Waals surface area (Å²) in [7, 11) is 0. The maximum Gasteiger partial charge on any atom is 0.255 e. The molecule has 2 aromatic carbocycles. The average Bonchev–Trinajstić information content (AvgIpc) is 3.07. The molecular weight excluding hydrogens is 384 g/mol. The molecule has 1 heterocycles. The molecule has 1 fully saturated rings. The Balaban J connectivity index is 1.51. The van der Waals surface area contributed by atoms with Crippen LogP contribution in [0.15, 0.2) is 54.6 Å². The average molecular weight is 419 g/mol. The van der Waals surface area contributed by atoms with Gasteiger partial charge < -0.3 is 10.2 Å². The first-order valence-electron chi connectivity index (χ1n) is 11.9. The van der Waals surface area contributed by atoms with Gasteiger partial charge in [0.05, 0.1) is 0 Å². The van der Waals surface area contributed by atoms with Crippen molar-refractivity contribution in [3.63, 3.8) is 0 Å². The van der Waals surface area contributed by atoms with E-state index in [1.165, 1.54) is 37.7 Å². The Morgan fingerprint density at radius 2 is 1.61 bits per heavy atom. The highest BCUT2D eigenvalue weighted by Crippen LogP contribution is 2.36. The first kappa shape index (κ1) is 21.6. The van der Waals surface area contributed by atoms with Crippen molar-refractivity contribution in [2.45, 2.75) is 82.8 Å². The SMILES string of the molecule is C[C@H](CCc1ccccc1)N1C(=O)c2ccccc2[C@@H]1C(=O)NC1CCCCCCC1. The first-order chi connectivity index (χ1) is 15.1. The predicted molar refractivity (Wildman–Crippen MR) is 124 cm³/mol. The second-order valence-corrected chi connectivity index (χ2v) is 9.13. The van der Waals surface area contributed by atoms with Crippen LogP contribution < -0.4 is 5.32 Å². The quantitative estimate of drug-likeness (QED) is 0.680. The number of hydrogen-bond donors (Lipinski definition) is 1. The van der Waals surface area contributed by atoms with Crippen LogP contribution in [-0.2, 0) is 11.2 Å². The van der Waals surface area contributed by atoms with E-state index in [0.717, 1.165) is 31.2 Å². The Morgan fingerprint density at radius 1 is 0.968 bits per heavy atom. The molecule has 0 spiro atoms. The summed E-state index contributed by atoms with van der Waals surface area (Å²) in [6.45, 7) is 2.07. The van der Waals surface area contributed by atoms with Crippen molar-refractivity contribution in [3.8, 4) is 0 Å². The molecule has 1 saturated carbocycles. The van der Waals surface area contributed by atoms with Gasteiger partial charge in [-0.15, -0.1) is 0 Å². The highest BCUT2D eigenvalue weighted by Gasteiger charge is 2.43. The summed E-state index contributed by atoms with van der Waals surface area (Å²) in [5.74, 6) is -0.0376. The van der Waals surface area contributed by atoms with Crippen LogP contribution >= 0.6 is 0 Å². The zero-order valence-electron chi connectivity index (χ0n) is 18.6. The Labute approximate surface area is 186 Å². The van der Waals surface area contributed by atoms with Gasteiger partial charge in [-0.3, -0.25) is 9.59 Å². The highest BCUT2D eigenvalue weighted by molar-refractivity contribution is 6.04. The Hall–Kier alpha value is -2.62. The van der Waals surface area contributed by atoms with Crippen molar-refractivity contribution in [2.24, 2.45) is 0 Å². The van der Waals surface area contributed by atoms with Crippen LogP contribution in [0.5, 0.6) is 0 Å². The van der Waals surface area contributed by atoms with Crippen molar-refractivity contribution in [3.05, 3.63) is 71.3 Å². The summed E-state index contributed by atoms with van der Waals surface area (Å²) in [4.78, 5) is 28.6. The van der Waals surface area contributed by atoms with Crippen LogP contribution in [0.25, 0.3) is 0 Å². The lowest BCUT2D eigenvalue weighted by molar-refractivity contribution is -0.127. The Bertz CT molecular complexity index is 887. The van der Waals surface area contributed by atoms with E-state index in [1.807, 2.05) is 47.4 Å². The van der Waals surface area contributed by atoms with Crippen molar-refractivity contribution in [1.29, 1.82) is 0 Å². The van der Waals surface area contributed by atoms with Crippen LogP contribution in [0.4, 0.5) is 0 Å². The largest absolute Gasteiger partial charge is 0.351 e. The van der Waals surface area contributed by atoms with Gasteiger partial charge in [-0.2, -0.15) is 0 Å². The molecule has 2 atom stereocenters. The molecule has 1 N–H and O–H groups in total. The third-order valence-corrected chi connectivity index (χ3v) is 6.87. The van der Waals surface area contributed by atoms with Crippen LogP contribution in [0, 0.1) is 0 Å². The number of benzene rings is 2. The maximum absolute atomic E-state index is 13.5. The number of nitrogens with one attached hydrogen (secondary N) is 1. The van der Waals surface area contributed by atoms with Gasteiger partial charge in [0.15, 0.2) is 0 Å². The third kappa shape index (κ3) is 5.00. The molecule has 2 amide bonds. The van der Waals surface area contributed by atoms with Crippen molar-refractivity contribution >= 4 is 11.8 Å². The lowest BCUT2D eigenvalue weighted by Gasteiger charge is -2.32. The number of carbonyl (C=O) groups is 2. The van der Waals surface area contributed by atoms with Gasteiger partial charge in [0.1, 0.15) is 6.04 Å². The van der Waals surface area contributed by atoms with E-state index >= 15 is 0 Å². The summed E-state index contributed by atoms with van der Waals surface area (Å²) in [5, 5.41) is 3.32. The molecule has 4 nitrogen and oxygen atoms in total. The van der Waals surface area contributed by atoms with Gasteiger partial charge in [0.2, 0.25) is 5.91 Å². The minimum Gasteiger partial charge on any atom is -0.351 e. The molecule has 4 heteroatoms. The zero-order valence-corrected chi connectivity index (χ0v) is 18.6. The van der Waals surface area contributed by atoms with E-state index < -0.39 is 6.04 Å². The molecule has 0 bridgehead atoms. The van der Waals surface area contributed by atoms with Crippen molar-refractivity contribution in [2.75, 3.05) is 0 Å². The second kappa shape index (κ2) is 10.1. The second-order valence-electron chi connectivity index (χ2n) is 9.13. The van der Waals surface area contributed by atoms with Gasteiger partial charge in [-0.05, 0) is 49.8 Å². The number of hydrogen-bond acceptors (Lipinski definition) is 2. The van der Waals surface area contributed by atoms with E-state index in [4.69, 9.17) is 0 Å². The highest BCUT2D eigenvalue weighted by atomic mass is 16.2. The lowest BCUT2D eigenvalue weighted by atomic mass is 9.96. The summed E-state index contributed by atoms with van der Waals surface area (Å²) >= 11 is 0. The summed E-state index contributed by atoms with van der Waals surface area (Å²) in [6.07, 6.45) is 9.94. The molecule has 2 aliphatic rings. The topological polar surface area (TPSA) is 49.4 Å². The molecule has 0 radical (unpaired) electrons. The smallest absolute Gasteiger partial charge is 0.255 e. The summed E-state index contributed by atoms with van der Waals surface area (Å²) < 4.78 is 0. The summed E-state index contributed by atoms with van der Waals surface area (Å²) in [6, 6.07) is 17.6. The Morgan fingerprint density at radius 3 is 2.35 bits per heavy atom. The molecule has 31 heavy (non-hydrogen) atoms. The van der Waals surface area contributed by atoms with Crippen molar-refractivity contribution in [1.82, 2.24) is 10.2 Å². The van der Waals surface area contributed by atoms with Gasteiger partial charge >= 0.3 is 0 Å².